The predicted octanol–water partition coefficient (Wildman–Crippen LogP) is 2.83. The molecule has 23 heavy (non-hydrogen) atoms. The van der Waals surface area contributed by atoms with E-state index in [0.717, 1.165) is 28.7 Å². The Balaban J connectivity index is 1.89. The van der Waals surface area contributed by atoms with Crippen LogP contribution in [0.25, 0.3) is 10.2 Å². The van der Waals surface area contributed by atoms with Gasteiger partial charge < -0.3 is 5.32 Å². The normalized spacial score (nSPS) is 14.2. The largest absolute Gasteiger partial charge is 0.323 e. The third-order valence-electron chi connectivity index (χ3n) is 4.35. The standard InChI is InChI=1S/C16H19N5OS/c1-3-21-15(22)13-11-6-4-5-7-12(11)23-14(13)19-16(21)18-10-8-17-20(2)9-10/h8-9H,3-7H2,1-2H3,(H,18,19). The van der Waals surface area contributed by atoms with E-state index in [1.165, 1.54) is 23.3 Å². The van der Waals surface area contributed by atoms with Crippen LogP contribution in [-0.4, -0.2) is 19.3 Å². The Bertz CT molecular complexity index is 936. The Morgan fingerprint density at radius 1 is 1.35 bits per heavy atom. The summed E-state index contributed by atoms with van der Waals surface area (Å²) in [7, 11) is 1.86. The van der Waals surface area contributed by atoms with E-state index >= 15 is 0 Å². The van der Waals surface area contributed by atoms with Gasteiger partial charge in [-0.25, -0.2) is 4.98 Å². The van der Waals surface area contributed by atoms with Crippen LogP contribution in [0.15, 0.2) is 17.2 Å². The minimum absolute atomic E-state index is 0.0725. The maximum Gasteiger partial charge on any atom is 0.263 e. The van der Waals surface area contributed by atoms with Crippen molar-refractivity contribution in [1.82, 2.24) is 19.3 Å². The minimum Gasteiger partial charge on any atom is -0.323 e. The number of aromatic nitrogens is 4. The number of nitrogens with zero attached hydrogens (tertiary/aromatic N) is 4. The van der Waals surface area contributed by atoms with E-state index in [9.17, 15) is 4.79 Å². The molecule has 1 N–H and O–H groups in total. The molecule has 0 radical (unpaired) electrons. The molecule has 7 heteroatoms. The van der Waals surface area contributed by atoms with Crippen LogP contribution in [0.4, 0.5) is 11.6 Å². The highest BCUT2D eigenvalue weighted by molar-refractivity contribution is 7.18. The van der Waals surface area contributed by atoms with E-state index in [2.05, 4.69) is 10.4 Å². The molecule has 120 valence electrons. The highest BCUT2D eigenvalue weighted by atomic mass is 32.1. The summed E-state index contributed by atoms with van der Waals surface area (Å²) in [5, 5.41) is 8.22. The summed E-state index contributed by atoms with van der Waals surface area (Å²) >= 11 is 1.68. The fourth-order valence-electron chi connectivity index (χ4n) is 3.24. The first-order chi connectivity index (χ1) is 11.2. The molecule has 0 spiro atoms. The molecule has 0 unspecified atom stereocenters. The van der Waals surface area contributed by atoms with Gasteiger partial charge in [0.2, 0.25) is 5.95 Å². The number of nitrogens with one attached hydrogen (secondary N) is 1. The van der Waals surface area contributed by atoms with E-state index in [1.54, 1.807) is 26.8 Å². The lowest BCUT2D eigenvalue weighted by atomic mass is 9.97. The van der Waals surface area contributed by atoms with Crippen molar-refractivity contribution in [3.05, 3.63) is 33.2 Å². The van der Waals surface area contributed by atoms with E-state index in [-0.39, 0.29) is 5.56 Å². The Morgan fingerprint density at radius 3 is 2.91 bits per heavy atom. The Kier molecular flexibility index (Phi) is 3.45. The van der Waals surface area contributed by atoms with Crippen molar-refractivity contribution in [1.29, 1.82) is 0 Å². The summed E-state index contributed by atoms with van der Waals surface area (Å²) in [6.45, 7) is 2.57. The van der Waals surface area contributed by atoms with Gasteiger partial charge in [0.05, 0.1) is 17.3 Å². The fraction of sp³-hybridized carbons (Fsp3) is 0.438. The van der Waals surface area contributed by atoms with Crippen LogP contribution in [0.2, 0.25) is 0 Å². The van der Waals surface area contributed by atoms with Gasteiger partial charge in [-0.05, 0) is 38.2 Å². The van der Waals surface area contributed by atoms with Crippen molar-refractivity contribution in [3.8, 4) is 0 Å². The summed E-state index contributed by atoms with van der Waals surface area (Å²) < 4.78 is 3.44. The van der Waals surface area contributed by atoms with Crippen LogP contribution in [0.1, 0.15) is 30.2 Å². The lowest BCUT2D eigenvalue weighted by Crippen LogP contribution is -2.23. The molecule has 0 fully saturated rings. The molecule has 0 bridgehead atoms. The maximum atomic E-state index is 13.0. The topological polar surface area (TPSA) is 64.7 Å². The molecule has 3 aromatic rings. The number of aryl methyl sites for hydroxylation is 3. The van der Waals surface area contributed by atoms with Crippen molar-refractivity contribution >= 4 is 33.2 Å². The van der Waals surface area contributed by atoms with Gasteiger partial charge in [-0.2, -0.15) is 5.10 Å². The van der Waals surface area contributed by atoms with Crippen LogP contribution < -0.4 is 10.9 Å². The monoisotopic (exact) mass is 329 g/mol. The highest BCUT2D eigenvalue weighted by Crippen LogP contribution is 2.34. The molecule has 3 heterocycles. The van der Waals surface area contributed by atoms with Gasteiger partial charge in [-0.15, -0.1) is 11.3 Å². The van der Waals surface area contributed by atoms with Gasteiger partial charge in [0.1, 0.15) is 4.83 Å². The lowest BCUT2D eigenvalue weighted by Gasteiger charge is -2.12. The molecule has 0 atom stereocenters. The molecule has 0 aliphatic heterocycles. The lowest BCUT2D eigenvalue weighted by molar-refractivity contribution is 0.696. The summed E-state index contributed by atoms with van der Waals surface area (Å²) in [4.78, 5) is 19.9. The molecular formula is C16H19N5OS. The Labute approximate surface area is 137 Å². The molecule has 1 aliphatic rings. The van der Waals surface area contributed by atoms with E-state index in [4.69, 9.17) is 4.98 Å². The number of hydrogen-bond donors (Lipinski definition) is 1. The number of hydrogen-bond acceptors (Lipinski definition) is 5. The van der Waals surface area contributed by atoms with Crippen molar-refractivity contribution in [2.24, 2.45) is 7.05 Å². The number of anilines is 2. The van der Waals surface area contributed by atoms with Crippen LogP contribution in [-0.2, 0) is 26.4 Å². The zero-order valence-electron chi connectivity index (χ0n) is 13.3. The van der Waals surface area contributed by atoms with Gasteiger partial charge in [0.25, 0.3) is 5.56 Å². The zero-order valence-corrected chi connectivity index (χ0v) is 14.1. The molecular weight excluding hydrogens is 310 g/mol. The summed E-state index contributed by atoms with van der Waals surface area (Å²) in [6.07, 6.45) is 8.06. The summed E-state index contributed by atoms with van der Waals surface area (Å²) in [5.74, 6) is 0.594. The van der Waals surface area contributed by atoms with Gasteiger partial charge in [0.15, 0.2) is 0 Å². The molecule has 0 saturated carbocycles. The Hall–Kier alpha value is -2.15. The minimum atomic E-state index is 0.0725. The summed E-state index contributed by atoms with van der Waals surface area (Å²) in [6, 6.07) is 0. The third kappa shape index (κ3) is 2.35. The smallest absolute Gasteiger partial charge is 0.263 e. The van der Waals surface area contributed by atoms with Gasteiger partial charge >= 0.3 is 0 Å². The number of rotatable bonds is 3. The van der Waals surface area contributed by atoms with Crippen molar-refractivity contribution in [2.75, 3.05) is 5.32 Å². The van der Waals surface area contributed by atoms with Crippen LogP contribution in [0, 0.1) is 0 Å². The van der Waals surface area contributed by atoms with Crippen molar-refractivity contribution in [3.63, 3.8) is 0 Å². The van der Waals surface area contributed by atoms with E-state index in [1.807, 2.05) is 20.2 Å². The SMILES string of the molecule is CCn1c(Nc2cnn(C)c2)nc2sc3c(c2c1=O)CCCC3. The average Bonchev–Trinajstić information content (AvgIpc) is 3.10. The summed E-state index contributed by atoms with van der Waals surface area (Å²) in [5.41, 5.74) is 2.15. The van der Waals surface area contributed by atoms with Crippen LogP contribution >= 0.6 is 11.3 Å². The highest BCUT2D eigenvalue weighted by Gasteiger charge is 2.21. The van der Waals surface area contributed by atoms with Crippen LogP contribution in [0.5, 0.6) is 0 Å². The van der Waals surface area contributed by atoms with Gasteiger partial charge in [-0.3, -0.25) is 14.0 Å². The first-order valence-electron chi connectivity index (χ1n) is 7.98. The second-order valence-electron chi connectivity index (χ2n) is 5.90. The molecule has 1 aliphatic carbocycles. The van der Waals surface area contributed by atoms with E-state index < -0.39 is 0 Å². The number of thiophene rings is 1. The number of fused-ring (bicyclic) bond motifs is 3. The molecule has 0 saturated heterocycles. The zero-order chi connectivity index (χ0) is 16.0. The first kappa shape index (κ1) is 14.4. The third-order valence-corrected chi connectivity index (χ3v) is 5.54. The fourth-order valence-corrected chi connectivity index (χ4v) is 4.49. The molecule has 6 nitrogen and oxygen atoms in total. The predicted molar refractivity (Wildman–Crippen MR) is 92.7 cm³/mol. The van der Waals surface area contributed by atoms with Gasteiger partial charge in [-0.1, -0.05) is 0 Å². The molecule has 3 aromatic heterocycles. The van der Waals surface area contributed by atoms with Crippen molar-refractivity contribution < 1.29 is 0 Å². The second-order valence-corrected chi connectivity index (χ2v) is 6.99. The molecule has 4 rings (SSSR count). The van der Waals surface area contributed by atoms with Gasteiger partial charge in [0, 0.05) is 24.7 Å². The molecule has 0 amide bonds. The van der Waals surface area contributed by atoms with Crippen LogP contribution in [0.3, 0.4) is 0 Å². The second kappa shape index (κ2) is 5.49. The first-order valence-corrected chi connectivity index (χ1v) is 8.79. The maximum absolute atomic E-state index is 13.0. The quantitative estimate of drug-likeness (QED) is 0.802. The van der Waals surface area contributed by atoms with Crippen molar-refractivity contribution in [2.45, 2.75) is 39.2 Å². The Morgan fingerprint density at radius 2 is 2.17 bits per heavy atom. The van der Waals surface area contributed by atoms with E-state index in [0.29, 0.717) is 12.5 Å². The average molecular weight is 329 g/mol. The molecule has 0 aromatic carbocycles.